The molecule has 0 aliphatic heterocycles. The molecule has 0 unspecified atom stereocenters. The van der Waals surface area contributed by atoms with Gasteiger partial charge in [0.15, 0.2) is 0 Å². The highest BCUT2D eigenvalue weighted by molar-refractivity contribution is 9.10. The van der Waals surface area contributed by atoms with E-state index >= 15 is 0 Å². The van der Waals surface area contributed by atoms with Crippen LogP contribution in [0, 0.1) is 5.92 Å². The molecule has 0 bridgehead atoms. The van der Waals surface area contributed by atoms with Crippen molar-refractivity contribution in [2.45, 2.75) is 33.6 Å². The minimum Gasteiger partial charge on any atom is -0.492 e. The maximum absolute atomic E-state index is 12.4. The number of hydrogen-bond acceptors (Lipinski definition) is 5. The van der Waals surface area contributed by atoms with Crippen LogP contribution in [-0.4, -0.2) is 25.2 Å². The zero-order valence-electron chi connectivity index (χ0n) is 16.4. The number of carbonyl (C=O) groups is 2. The van der Waals surface area contributed by atoms with Crippen LogP contribution in [-0.2, 0) is 4.74 Å². The van der Waals surface area contributed by atoms with E-state index in [4.69, 9.17) is 14.2 Å². The largest absolute Gasteiger partial charge is 0.492 e. The number of benzene rings is 2. The molecule has 0 fully saturated rings. The second-order valence-corrected chi connectivity index (χ2v) is 7.58. The lowest BCUT2D eigenvalue weighted by Crippen LogP contribution is -2.10. The van der Waals surface area contributed by atoms with Crippen molar-refractivity contribution in [3.8, 4) is 11.5 Å². The van der Waals surface area contributed by atoms with Gasteiger partial charge in [-0.25, -0.2) is 9.59 Å². The standard InChI is InChI=1S/C22H25BrO5/c1-4-11-27-21(24)16-6-5-7-18(13-16)28-22(25)17-8-9-20(19(23)14-17)26-12-10-15(2)3/h5-9,13-15H,4,10-12H2,1-3H3. The van der Waals surface area contributed by atoms with Gasteiger partial charge in [0.2, 0.25) is 0 Å². The van der Waals surface area contributed by atoms with E-state index < -0.39 is 11.9 Å². The first-order valence-corrected chi connectivity index (χ1v) is 10.1. The Labute approximate surface area is 174 Å². The fourth-order valence-electron chi connectivity index (χ4n) is 2.28. The van der Waals surface area contributed by atoms with Gasteiger partial charge in [0.25, 0.3) is 0 Å². The predicted octanol–water partition coefficient (Wildman–Crippen LogP) is 5.66. The second-order valence-electron chi connectivity index (χ2n) is 6.73. The molecule has 0 atom stereocenters. The molecule has 0 spiro atoms. The van der Waals surface area contributed by atoms with Crippen molar-refractivity contribution in [1.29, 1.82) is 0 Å². The average molecular weight is 449 g/mol. The summed E-state index contributed by atoms with van der Waals surface area (Å²) in [6.07, 6.45) is 1.69. The first-order valence-electron chi connectivity index (χ1n) is 9.32. The van der Waals surface area contributed by atoms with Gasteiger partial charge < -0.3 is 14.2 Å². The molecule has 2 aromatic rings. The third kappa shape index (κ3) is 6.68. The number of halogens is 1. The Kier molecular flexibility index (Phi) is 8.51. The van der Waals surface area contributed by atoms with Crippen LogP contribution in [0.5, 0.6) is 11.5 Å². The highest BCUT2D eigenvalue weighted by Crippen LogP contribution is 2.27. The summed E-state index contributed by atoms with van der Waals surface area (Å²) in [5.74, 6) is 0.559. The summed E-state index contributed by atoms with van der Waals surface area (Å²) in [6, 6.07) is 11.4. The molecule has 2 rings (SSSR count). The first-order chi connectivity index (χ1) is 13.4. The molecule has 0 heterocycles. The SMILES string of the molecule is CCCOC(=O)c1cccc(OC(=O)c2ccc(OCCC(C)C)c(Br)c2)c1. The molecule has 0 aromatic heterocycles. The van der Waals surface area contributed by atoms with Crippen LogP contribution in [0.1, 0.15) is 54.3 Å². The number of esters is 2. The lowest BCUT2D eigenvalue weighted by atomic mass is 10.1. The van der Waals surface area contributed by atoms with Gasteiger partial charge in [-0.1, -0.05) is 26.8 Å². The quantitative estimate of drug-likeness (QED) is 0.365. The fourth-order valence-corrected chi connectivity index (χ4v) is 2.77. The molecule has 0 saturated heterocycles. The molecule has 0 N–H and O–H groups in total. The molecule has 150 valence electrons. The Morgan fingerprint density at radius 2 is 1.75 bits per heavy atom. The van der Waals surface area contributed by atoms with Gasteiger partial charge >= 0.3 is 11.9 Å². The lowest BCUT2D eigenvalue weighted by molar-refractivity contribution is 0.0503. The van der Waals surface area contributed by atoms with Crippen LogP contribution in [0.2, 0.25) is 0 Å². The van der Waals surface area contributed by atoms with Gasteiger partial charge in [-0.3, -0.25) is 0 Å². The number of carbonyl (C=O) groups excluding carboxylic acids is 2. The third-order valence-electron chi connectivity index (χ3n) is 3.84. The van der Waals surface area contributed by atoms with Gasteiger partial charge in [0.1, 0.15) is 11.5 Å². The Balaban J connectivity index is 2.02. The van der Waals surface area contributed by atoms with Gasteiger partial charge in [-0.15, -0.1) is 0 Å². The van der Waals surface area contributed by atoms with E-state index in [0.717, 1.165) is 12.8 Å². The van der Waals surface area contributed by atoms with Crippen LogP contribution < -0.4 is 9.47 Å². The maximum atomic E-state index is 12.4. The van der Waals surface area contributed by atoms with Crippen LogP contribution in [0.4, 0.5) is 0 Å². The summed E-state index contributed by atoms with van der Waals surface area (Å²) in [7, 11) is 0. The topological polar surface area (TPSA) is 61.8 Å². The maximum Gasteiger partial charge on any atom is 0.343 e. The smallest absolute Gasteiger partial charge is 0.343 e. The average Bonchev–Trinajstić information content (AvgIpc) is 2.67. The summed E-state index contributed by atoms with van der Waals surface area (Å²) < 4.78 is 16.9. The van der Waals surface area contributed by atoms with Crippen molar-refractivity contribution in [3.05, 3.63) is 58.1 Å². The van der Waals surface area contributed by atoms with Gasteiger partial charge in [0, 0.05) is 0 Å². The van der Waals surface area contributed by atoms with Gasteiger partial charge in [-0.2, -0.15) is 0 Å². The van der Waals surface area contributed by atoms with Crippen molar-refractivity contribution >= 4 is 27.9 Å². The van der Waals surface area contributed by atoms with E-state index in [1.165, 1.54) is 6.07 Å². The predicted molar refractivity (Wildman–Crippen MR) is 111 cm³/mol. The molecule has 28 heavy (non-hydrogen) atoms. The fraction of sp³-hybridized carbons (Fsp3) is 0.364. The van der Waals surface area contributed by atoms with E-state index in [1.807, 2.05) is 6.92 Å². The Morgan fingerprint density at radius 3 is 2.43 bits per heavy atom. The molecule has 2 aromatic carbocycles. The summed E-state index contributed by atoms with van der Waals surface area (Å²) in [4.78, 5) is 24.4. The van der Waals surface area contributed by atoms with Crippen molar-refractivity contribution in [1.82, 2.24) is 0 Å². The van der Waals surface area contributed by atoms with Crippen LogP contribution in [0.15, 0.2) is 46.9 Å². The number of ether oxygens (including phenoxy) is 3. The lowest BCUT2D eigenvalue weighted by Gasteiger charge is -2.11. The number of hydrogen-bond donors (Lipinski definition) is 0. The van der Waals surface area contributed by atoms with Crippen molar-refractivity contribution in [2.24, 2.45) is 5.92 Å². The third-order valence-corrected chi connectivity index (χ3v) is 4.46. The minimum atomic E-state index is -0.520. The molecule has 0 saturated carbocycles. The molecule has 0 amide bonds. The Morgan fingerprint density at radius 1 is 1.00 bits per heavy atom. The normalized spacial score (nSPS) is 10.6. The van der Waals surface area contributed by atoms with Crippen LogP contribution in [0.3, 0.4) is 0 Å². The van der Waals surface area contributed by atoms with Gasteiger partial charge in [0.05, 0.1) is 28.8 Å². The van der Waals surface area contributed by atoms with Crippen molar-refractivity contribution in [3.63, 3.8) is 0 Å². The van der Waals surface area contributed by atoms with E-state index in [2.05, 4.69) is 29.8 Å². The zero-order valence-corrected chi connectivity index (χ0v) is 18.0. The van der Waals surface area contributed by atoms with E-state index in [-0.39, 0.29) is 5.75 Å². The molecular formula is C22H25BrO5. The molecule has 6 heteroatoms. The zero-order chi connectivity index (χ0) is 20.5. The van der Waals surface area contributed by atoms with E-state index in [9.17, 15) is 9.59 Å². The summed E-state index contributed by atoms with van der Waals surface area (Å²) in [5, 5.41) is 0. The summed E-state index contributed by atoms with van der Waals surface area (Å²) >= 11 is 3.43. The highest BCUT2D eigenvalue weighted by Gasteiger charge is 2.14. The summed E-state index contributed by atoms with van der Waals surface area (Å²) in [5.41, 5.74) is 0.718. The minimum absolute atomic E-state index is 0.282. The second kappa shape index (κ2) is 10.9. The van der Waals surface area contributed by atoms with Gasteiger partial charge in [-0.05, 0) is 71.1 Å². The highest BCUT2D eigenvalue weighted by atomic mass is 79.9. The molecule has 5 nitrogen and oxygen atoms in total. The Hall–Kier alpha value is -2.34. The first kappa shape index (κ1) is 22.0. The molecule has 0 radical (unpaired) electrons. The Bertz CT molecular complexity index is 816. The number of rotatable bonds is 9. The van der Waals surface area contributed by atoms with Crippen molar-refractivity contribution < 1.29 is 23.8 Å². The van der Waals surface area contributed by atoms with E-state index in [1.54, 1.807) is 36.4 Å². The van der Waals surface area contributed by atoms with Crippen LogP contribution in [0.25, 0.3) is 0 Å². The van der Waals surface area contributed by atoms with Crippen LogP contribution >= 0.6 is 15.9 Å². The molecule has 0 aliphatic carbocycles. The van der Waals surface area contributed by atoms with E-state index in [0.29, 0.717) is 40.5 Å². The van der Waals surface area contributed by atoms with Crippen molar-refractivity contribution in [2.75, 3.05) is 13.2 Å². The summed E-state index contributed by atoms with van der Waals surface area (Å²) in [6.45, 7) is 7.15. The molecule has 0 aliphatic rings. The monoisotopic (exact) mass is 448 g/mol. The molecular weight excluding hydrogens is 424 g/mol.